The molecule has 2 aliphatic rings. The van der Waals surface area contributed by atoms with Crippen LogP contribution in [0.3, 0.4) is 0 Å². The standard InChI is InChI=1S/C16H18N4O3/c1-19-9-17-18-15(19)11-4-6-20(7-5-11)16(21)12-2-3-13-14(8-12)23-10-22-13/h2-3,8-9,11H,4-7,10H2,1H3. The number of carbonyl (C=O) groups is 1. The van der Waals surface area contributed by atoms with E-state index >= 15 is 0 Å². The van der Waals surface area contributed by atoms with Crippen molar-refractivity contribution in [1.82, 2.24) is 19.7 Å². The van der Waals surface area contributed by atoms with Crippen molar-refractivity contribution >= 4 is 5.91 Å². The van der Waals surface area contributed by atoms with Crippen LogP contribution in [0.4, 0.5) is 0 Å². The maximum absolute atomic E-state index is 12.7. The molecule has 23 heavy (non-hydrogen) atoms. The average molecular weight is 314 g/mol. The van der Waals surface area contributed by atoms with Crippen molar-refractivity contribution in [2.45, 2.75) is 18.8 Å². The highest BCUT2D eigenvalue weighted by Crippen LogP contribution is 2.33. The van der Waals surface area contributed by atoms with E-state index in [1.807, 2.05) is 16.5 Å². The normalized spacial score (nSPS) is 17.5. The summed E-state index contributed by atoms with van der Waals surface area (Å²) in [7, 11) is 1.96. The molecule has 0 radical (unpaired) electrons. The van der Waals surface area contributed by atoms with Gasteiger partial charge in [-0.2, -0.15) is 0 Å². The molecule has 1 fully saturated rings. The summed E-state index contributed by atoms with van der Waals surface area (Å²) in [4.78, 5) is 14.5. The second-order valence-electron chi connectivity index (χ2n) is 5.93. The van der Waals surface area contributed by atoms with Gasteiger partial charge in [-0.1, -0.05) is 0 Å². The van der Waals surface area contributed by atoms with Crippen LogP contribution in [0.25, 0.3) is 0 Å². The van der Waals surface area contributed by atoms with Crippen LogP contribution in [-0.2, 0) is 7.05 Å². The molecule has 0 unspecified atom stereocenters. The lowest BCUT2D eigenvalue weighted by Crippen LogP contribution is -2.38. The van der Waals surface area contributed by atoms with Crippen LogP contribution in [-0.4, -0.2) is 45.5 Å². The molecule has 0 spiro atoms. The summed E-state index contributed by atoms with van der Waals surface area (Å²) in [5.74, 6) is 2.75. The molecule has 0 atom stereocenters. The Morgan fingerprint density at radius 3 is 2.74 bits per heavy atom. The second kappa shape index (κ2) is 5.57. The number of ether oxygens (including phenoxy) is 2. The second-order valence-corrected chi connectivity index (χ2v) is 5.93. The molecule has 0 N–H and O–H groups in total. The summed E-state index contributed by atoms with van der Waals surface area (Å²) < 4.78 is 12.6. The third-order valence-corrected chi connectivity index (χ3v) is 4.51. The minimum atomic E-state index is 0.0414. The van der Waals surface area contributed by atoms with Crippen molar-refractivity contribution in [3.05, 3.63) is 35.9 Å². The molecule has 7 heteroatoms. The van der Waals surface area contributed by atoms with Gasteiger partial charge in [0.05, 0.1) is 0 Å². The topological polar surface area (TPSA) is 69.5 Å². The summed E-state index contributed by atoms with van der Waals surface area (Å²) in [5.41, 5.74) is 0.645. The van der Waals surface area contributed by atoms with Crippen LogP contribution in [0, 0.1) is 0 Å². The predicted octanol–water partition coefficient (Wildman–Crippen LogP) is 1.56. The Bertz CT molecular complexity index is 735. The SMILES string of the molecule is Cn1cnnc1C1CCN(C(=O)c2ccc3c(c2)OCO3)CC1. The van der Waals surface area contributed by atoms with Crippen molar-refractivity contribution in [3.63, 3.8) is 0 Å². The zero-order valence-electron chi connectivity index (χ0n) is 12.9. The van der Waals surface area contributed by atoms with E-state index in [-0.39, 0.29) is 12.7 Å². The molecular weight excluding hydrogens is 296 g/mol. The summed E-state index contributed by atoms with van der Waals surface area (Å²) >= 11 is 0. The Labute approximate surface area is 133 Å². The number of amides is 1. The number of hydrogen-bond acceptors (Lipinski definition) is 5. The van der Waals surface area contributed by atoms with Gasteiger partial charge in [-0.15, -0.1) is 10.2 Å². The molecule has 1 saturated heterocycles. The average Bonchev–Trinajstić information content (AvgIpc) is 3.22. The van der Waals surface area contributed by atoms with Gasteiger partial charge in [0, 0.05) is 31.6 Å². The molecule has 3 heterocycles. The van der Waals surface area contributed by atoms with Crippen LogP contribution < -0.4 is 9.47 Å². The van der Waals surface area contributed by atoms with Gasteiger partial charge >= 0.3 is 0 Å². The molecule has 1 aromatic carbocycles. The molecule has 2 aromatic rings. The lowest BCUT2D eigenvalue weighted by molar-refractivity contribution is 0.0710. The third-order valence-electron chi connectivity index (χ3n) is 4.51. The van der Waals surface area contributed by atoms with E-state index in [1.54, 1.807) is 24.5 Å². The highest BCUT2D eigenvalue weighted by Gasteiger charge is 2.27. The first kappa shape index (κ1) is 14.0. The summed E-state index contributed by atoms with van der Waals surface area (Å²) in [6.45, 7) is 1.67. The number of aryl methyl sites for hydroxylation is 1. The van der Waals surface area contributed by atoms with Gasteiger partial charge in [0.2, 0.25) is 6.79 Å². The van der Waals surface area contributed by atoms with Crippen molar-refractivity contribution < 1.29 is 14.3 Å². The smallest absolute Gasteiger partial charge is 0.253 e. The Balaban J connectivity index is 1.44. The molecule has 1 amide bonds. The monoisotopic (exact) mass is 314 g/mol. The summed E-state index contributed by atoms with van der Waals surface area (Å²) in [6, 6.07) is 5.35. The van der Waals surface area contributed by atoms with Crippen LogP contribution >= 0.6 is 0 Å². The third kappa shape index (κ3) is 2.52. The Hall–Kier alpha value is -2.57. The fourth-order valence-electron chi connectivity index (χ4n) is 3.21. The van der Waals surface area contributed by atoms with Gasteiger partial charge in [0.1, 0.15) is 12.2 Å². The van der Waals surface area contributed by atoms with E-state index in [4.69, 9.17) is 9.47 Å². The minimum absolute atomic E-state index is 0.0414. The number of aromatic nitrogens is 3. The first-order valence-electron chi connectivity index (χ1n) is 7.75. The lowest BCUT2D eigenvalue weighted by atomic mass is 9.95. The molecule has 0 bridgehead atoms. The first-order valence-corrected chi connectivity index (χ1v) is 7.75. The van der Waals surface area contributed by atoms with Crippen LogP contribution in [0.5, 0.6) is 11.5 Å². The Morgan fingerprint density at radius 1 is 1.22 bits per heavy atom. The predicted molar refractivity (Wildman–Crippen MR) is 81.4 cm³/mol. The van der Waals surface area contributed by atoms with E-state index < -0.39 is 0 Å². The van der Waals surface area contributed by atoms with Crippen molar-refractivity contribution in [2.75, 3.05) is 19.9 Å². The Morgan fingerprint density at radius 2 is 2.00 bits per heavy atom. The molecule has 4 rings (SSSR count). The minimum Gasteiger partial charge on any atom is -0.454 e. The molecule has 7 nitrogen and oxygen atoms in total. The maximum atomic E-state index is 12.7. The zero-order chi connectivity index (χ0) is 15.8. The number of benzene rings is 1. The van der Waals surface area contributed by atoms with Gasteiger partial charge in [-0.3, -0.25) is 4.79 Å². The zero-order valence-corrected chi connectivity index (χ0v) is 12.9. The van der Waals surface area contributed by atoms with E-state index in [2.05, 4.69) is 10.2 Å². The number of hydrogen-bond donors (Lipinski definition) is 0. The van der Waals surface area contributed by atoms with E-state index in [0.717, 1.165) is 31.8 Å². The van der Waals surface area contributed by atoms with Gasteiger partial charge in [0.25, 0.3) is 5.91 Å². The first-order chi connectivity index (χ1) is 11.2. The fourth-order valence-corrected chi connectivity index (χ4v) is 3.21. The van der Waals surface area contributed by atoms with Gasteiger partial charge in [-0.05, 0) is 31.0 Å². The highest BCUT2D eigenvalue weighted by atomic mass is 16.7. The van der Waals surface area contributed by atoms with Crippen molar-refractivity contribution in [3.8, 4) is 11.5 Å². The van der Waals surface area contributed by atoms with Gasteiger partial charge in [-0.25, -0.2) is 0 Å². The van der Waals surface area contributed by atoms with E-state index in [1.165, 1.54) is 0 Å². The molecule has 120 valence electrons. The fraction of sp³-hybridized carbons (Fsp3) is 0.438. The van der Waals surface area contributed by atoms with Gasteiger partial charge in [0.15, 0.2) is 11.5 Å². The molecule has 2 aliphatic heterocycles. The molecule has 0 aliphatic carbocycles. The molecular formula is C16H18N4O3. The summed E-state index contributed by atoms with van der Waals surface area (Å²) in [6.07, 6.45) is 3.53. The number of likely N-dealkylation sites (tertiary alicyclic amines) is 1. The summed E-state index contributed by atoms with van der Waals surface area (Å²) in [5, 5.41) is 8.12. The molecule has 0 saturated carbocycles. The van der Waals surface area contributed by atoms with E-state index in [0.29, 0.717) is 23.0 Å². The van der Waals surface area contributed by atoms with Gasteiger partial charge < -0.3 is 18.9 Å². The number of fused-ring (bicyclic) bond motifs is 1. The van der Waals surface area contributed by atoms with Crippen LogP contribution in [0.1, 0.15) is 34.9 Å². The number of nitrogens with zero attached hydrogens (tertiary/aromatic N) is 4. The number of carbonyl (C=O) groups excluding carboxylic acids is 1. The van der Waals surface area contributed by atoms with Crippen LogP contribution in [0.15, 0.2) is 24.5 Å². The van der Waals surface area contributed by atoms with Crippen LogP contribution in [0.2, 0.25) is 0 Å². The number of piperidine rings is 1. The number of rotatable bonds is 2. The lowest BCUT2D eigenvalue weighted by Gasteiger charge is -2.31. The quantitative estimate of drug-likeness (QED) is 0.841. The molecule has 1 aromatic heterocycles. The van der Waals surface area contributed by atoms with E-state index in [9.17, 15) is 4.79 Å². The Kier molecular flexibility index (Phi) is 3.40. The van der Waals surface area contributed by atoms with Crippen molar-refractivity contribution in [2.24, 2.45) is 7.05 Å². The maximum Gasteiger partial charge on any atom is 0.253 e. The van der Waals surface area contributed by atoms with Crippen molar-refractivity contribution in [1.29, 1.82) is 0 Å². The largest absolute Gasteiger partial charge is 0.454 e. The highest BCUT2D eigenvalue weighted by molar-refractivity contribution is 5.95.